The van der Waals surface area contributed by atoms with Gasteiger partial charge in [-0.2, -0.15) is 0 Å². The lowest BCUT2D eigenvalue weighted by Crippen LogP contribution is -2.12. The summed E-state index contributed by atoms with van der Waals surface area (Å²) < 4.78 is 0. The highest BCUT2D eigenvalue weighted by Gasteiger charge is 2.27. The highest BCUT2D eigenvalue weighted by atomic mass is 16.4. The van der Waals surface area contributed by atoms with Gasteiger partial charge in [0.05, 0.1) is 0 Å². The van der Waals surface area contributed by atoms with E-state index in [2.05, 4.69) is 5.32 Å². The Morgan fingerprint density at radius 2 is 2.25 bits per heavy atom. The lowest BCUT2D eigenvalue weighted by molar-refractivity contribution is -0.138. The van der Waals surface area contributed by atoms with Crippen LogP contribution in [0.5, 0.6) is 0 Å². The van der Waals surface area contributed by atoms with Gasteiger partial charge < -0.3 is 10.4 Å². The molecule has 62 valence electrons. The fraction of sp³-hybridized carbons (Fsp3) is 0.222. The third-order valence-corrected chi connectivity index (χ3v) is 2.13. The zero-order valence-electron chi connectivity index (χ0n) is 6.45. The van der Waals surface area contributed by atoms with Crippen LogP contribution in [0.25, 0.3) is 0 Å². The van der Waals surface area contributed by atoms with Gasteiger partial charge in [0.1, 0.15) is 5.92 Å². The van der Waals surface area contributed by atoms with Crippen LogP contribution in [-0.4, -0.2) is 17.6 Å². The lowest BCUT2D eigenvalue weighted by Gasteiger charge is -2.01. The summed E-state index contributed by atoms with van der Waals surface area (Å²) in [5.41, 5.74) is 1.84. The lowest BCUT2D eigenvalue weighted by atomic mass is 10.0. The SMILES string of the molecule is O=C(O)[C@@H]1CNc2ccccc21. The van der Waals surface area contributed by atoms with E-state index in [1.54, 1.807) is 0 Å². The monoisotopic (exact) mass is 163 g/mol. The molecule has 0 aromatic heterocycles. The van der Waals surface area contributed by atoms with Crippen LogP contribution in [0.3, 0.4) is 0 Å². The molecule has 0 aliphatic carbocycles. The number of nitrogens with one attached hydrogen (secondary N) is 1. The van der Waals surface area contributed by atoms with E-state index in [1.807, 2.05) is 24.3 Å². The highest BCUT2D eigenvalue weighted by Crippen LogP contribution is 2.30. The molecule has 0 unspecified atom stereocenters. The van der Waals surface area contributed by atoms with E-state index >= 15 is 0 Å². The fourth-order valence-electron chi connectivity index (χ4n) is 1.50. The minimum absolute atomic E-state index is 0.374. The second kappa shape index (κ2) is 2.52. The third kappa shape index (κ3) is 0.942. The molecule has 2 rings (SSSR count). The van der Waals surface area contributed by atoms with Crippen LogP contribution in [0.1, 0.15) is 11.5 Å². The average Bonchev–Trinajstić information content (AvgIpc) is 2.47. The first-order chi connectivity index (χ1) is 5.79. The van der Waals surface area contributed by atoms with E-state index < -0.39 is 5.97 Å². The number of carboxylic acid groups (broad SMARTS) is 1. The molecule has 0 amide bonds. The van der Waals surface area contributed by atoms with Gasteiger partial charge in [0.25, 0.3) is 0 Å². The number of hydrogen-bond donors (Lipinski definition) is 2. The van der Waals surface area contributed by atoms with Crippen molar-refractivity contribution in [2.75, 3.05) is 11.9 Å². The van der Waals surface area contributed by atoms with E-state index in [4.69, 9.17) is 5.11 Å². The molecule has 3 nitrogen and oxygen atoms in total. The summed E-state index contributed by atoms with van der Waals surface area (Å²) in [5, 5.41) is 11.9. The van der Waals surface area contributed by atoms with Gasteiger partial charge >= 0.3 is 5.97 Å². The van der Waals surface area contributed by atoms with E-state index in [9.17, 15) is 4.79 Å². The van der Waals surface area contributed by atoms with E-state index in [0.29, 0.717) is 6.54 Å². The second-order valence-corrected chi connectivity index (χ2v) is 2.86. The Kier molecular flexibility index (Phi) is 1.50. The standard InChI is InChI=1S/C9H9NO2/c11-9(12)7-5-10-8-4-2-1-3-6(7)8/h1-4,7,10H,5H2,(H,11,12)/t7-/m1/s1. The quantitative estimate of drug-likeness (QED) is 0.655. The summed E-state index contributed by atoms with van der Waals surface area (Å²) in [7, 11) is 0. The number of hydrogen-bond acceptors (Lipinski definition) is 2. The fourth-order valence-corrected chi connectivity index (χ4v) is 1.50. The molecule has 3 heteroatoms. The molecule has 1 atom stereocenters. The molecule has 2 N–H and O–H groups in total. The zero-order valence-corrected chi connectivity index (χ0v) is 6.45. The molecule has 0 saturated carbocycles. The van der Waals surface area contributed by atoms with Gasteiger partial charge in [-0.1, -0.05) is 18.2 Å². The molecule has 0 fully saturated rings. The number of fused-ring (bicyclic) bond motifs is 1. The Morgan fingerprint density at radius 1 is 1.50 bits per heavy atom. The van der Waals surface area contributed by atoms with Crippen LogP contribution < -0.4 is 5.32 Å². The number of carbonyl (C=O) groups is 1. The van der Waals surface area contributed by atoms with Crippen LogP contribution in [0.2, 0.25) is 0 Å². The van der Waals surface area contributed by atoms with Crippen LogP contribution >= 0.6 is 0 Å². The number of benzene rings is 1. The normalized spacial score (nSPS) is 19.8. The van der Waals surface area contributed by atoms with Gasteiger partial charge in [0.15, 0.2) is 0 Å². The van der Waals surface area contributed by atoms with Crippen molar-refractivity contribution in [1.82, 2.24) is 0 Å². The van der Waals surface area contributed by atoms with Gasteiger partial charge in [-0.05, 0) is 11.6 Å². The minimum Gasteiger partial charge on any atom is -0.481 e. The number of aliphatic carboxylic acids is 1. The van der Waals surface area contributed by atoms with Gasteiger partial charge in [0.2, 0.25) is 0 Å². The maximum absolute atomic E-state index is 10.7. The number of carboxylic acids is 1. The molecular formula is C9H9NO2. The maximum Gasteiger partial charge on any atom is 0.312 e. The van der Waals surface area contributed by atoms with Gasteiger partial charge in [-0.3, -0.25) is 4.79 Å². The summed E-state index contributed by atoms with van der Waals surface area (Å²) in [4.78, 5) is 10.7. The van der Waals surface area contributed by atoms with Crippen molar-refractivity contribution in [1.29, 1.82) is 0 Å². The molecule has 1 heterocycles. The van der Waals surface area contributed by atoms with Crippen LogP contribution in [0.4, 0.5) is 5.69 Å². The molecule has 0 saturated heterocycles. The summed E-state index contributed by atoms with van der Waals surface area (Å²) in [6.45, 7) is 0.509. The summed E-state index contributed by atoms with van der Waals surface area (Å²) >= 11 is 0. The van der Waals surface area contributed by atoms with Crippen molar-refractivity contribution in [3.63, 3.8) is 0 Å². The largest absolute Gasteiger partial charge is 0.481 e. The smallest absolute Gasteiger partial charge is 0.312 e. The summed E-state index contributed by atoms with van der Waals surface area (Å²) in [6.07, 6.45) is 0. The number of anilines is 1. The molecule has 12 heavy (non-hydrogen) atoms. The Morgan fingerprint density at radius 3 is 3.00 bits per heavy atom. The predicted molar refractivity (Wildman–Crippen MR) is 45.3 cm³/mol. The zero-order chi connectivity index (χ0) is 8.55. The van der Waals surface area contributed by atoms with Crippen LogP contribution in [-0.2, 0) is 4.79 Å². The molecule has 1 aliphatic rings. The molecule has 0 bridgehead atoms. The Balaban J connectivity index is 2.42. The Hall–Kier alpha value is -1.51. The van der Waals surface area contributed by atoms with Gasteiger partial charge in [-0.15, -0.1) is 0 Å². The first-order valence-corrected chi connectivity index (χ1v) is 3.84. The van der Waals surface area contributed by atoms with Crippen LogP contribution in [0, 0.1) is 0 Å². The third-order valence-electron chi connectivity index (χ3n) is 2.13. The Labute approximate surface area is 70.0 Å². The predicted octanol–water partition coefficient (Wildman–Crippen LogP) is 1.28. The van der Waals surface area contributed by atoms with Crippen molar-refractivity contribution < 1.29 is 9.90 Å². The van der Waals surface area contributed by atoms with Gasteiger partial charge in [-0.25, -0.2) is 0 Å². The van der Waals surface area contributed by atoms with Crippen molar-refractivity contribution in [2.24, 2.45) is 0 Å². The van der Waals surface area contributed by atoms with E-state index in [0.717, 1.165) is 11.3 Å². The van der Waals surface area contributed by atoms with Crippen molar-refractivity contribution >= 4 is 11.7 Å². The second-order valence-electron chi connectivity index (χ2n) is 2.86. The molecular weight excluding hydrogens is 154 g/mol. The number of para-hydroxylation sites is 1. The van der Waals surface area contributed by atoms with Crippen molar-refractivity contribution in [3.05, 3.63) is 29.8 Å². The van der Waals surface area contributed by atoms with Crippen molar-refractivity contribution in [2.45, 2.75) is 5.92 Å². The first kappa shape index (κ1) is 7.16. The highest BCUT2D eigenvalue weighted by molar-refractivity contribution is 5.82. The molecule has 1 aromatic carbocycles. The van der Waals surface area contributed by atoms with Crippen molar-refractivity contribution in [3.8, 4) is 0 Å². The average molecular weight is 163 g/mol. The number of rotatable bonds is 1. The summed E-state index contributed by atoms with van der Waals surface area (Å²) in [6, 6.07) is 7.52. The van der Waals surface area contributed by atoms with Gasteiger partial charge in [0, 0.05) is 12.2 Å². The minimum atomic E-state index is -0.757. The van der Waals surface area contributed by atoms with Crippen LogP contribution in [0.15, 0.2) is 24.3 Å². The summed E-state index contributed by atoms with van der Waals surface area (Å²) in [5.74, 6) is -1.13. The Bertz CT molecular complexity index is 322. The van der Waals surface area contributed by atoms with E-state index in [-0.39, 0.29) is 5.92 Å². The molecule has 0 radical (unpaired) electrons. The molecule has 1 aliphatic heterocycles. The molecule has 1 aromatic rings. The first-order valence-electron chi connectivity index (χ1n) is 3.84. The topological polar surface area (TPSA) is 49.3 Å². The molecule has 0 spiro atoms. The maximum atomic E-state index is 10.7. The van der Waals surface area contributed by atoms with E-state index in [1.165, 1.54) is 0 Å².